The number of carbonyl (C=O) groups is 2. The lowest BCUT2D eigenvalue weighted by atomic mass is 10.1. The number of hydrogen-bond acceptors (Lipinski definition) is 4. The van der Waals surface area contributed by atoms with E-state index in [-0.39, 0.29) is 16.5 Å². The van der Waals surface area contributed by atoms with E-state index in [2.05, 4.69) is 9.67 Å². The fourth-order valence-corrected chi connectivity index (χ4v) is 4.08. The maximum atomic E-state index is 13.2. The molecule has 0 radical (unpaired) electrons. The summed E-state index contributed by atoms with van der Waals surface area (Å²) in [4.78, 5) is 24.6. The summed E-state index contributed by atoms with van der Waals surface area (Å²) in [5, 5.41) is 15.0. The highest BCUT2D eigenvalue weighted by Gasteiger charge is 2.30. The van der Waals surface area contributed by atoms with E-state index in [1.54, 1.807) is 20.1 Å². The molecule has 1 amide bonds. The number of hydrogen-bond donors (Lipinski definition) is 1. The van der Waals surface area contributed by atoms with Crippen molar-refractivity contribution in [2.75, 3.05) is 12.1 Å². The molecule has 2 heterocycles. The van der Waals surface area contributed by atoms with Crippen molar-refractivity contribution in [3.63, 3.8) is 0 Å². The van der Waals surface area contributed by atoms with Crippen LogP contribution >= 0.6 is 11.6 Å². The number of aromatic carboxylic acids is 1. The van der Waals surface area contributed by atoms with Gasteiger partial charge in [-0.1, -0.05) is 11.6 Å². The fraction of sp³-hybridized carbons (Fsp3) is 0.160. The molecular weight excluding hydrogens is 442 g/mol. The summed E-state index contributed by atoms with van der Waals surface area (Å²) in [7, 11) is 1.63. The van der Waals surface area contributed by atoms with Crippen molar-refractivity contribution in [2.24, 2.45) is 5.10 Å². The first-order chi connectivity index (χ1) is 15.7. The van der Waals surface area contributed by atoms with Gasteiger partial charge in [-0.05, 0) is 80.9 Å². The predicted molar refractivity (Wildman–Crippen MR) is 129 cm³/mol. The van der Waals surface area contributed by atoms with E-state index < -0.39 is 5.97 Å². The molecule has 0 saturated heterocycles. The lowest BCUT2D eigenvalue weighted by Gasteiger charge is -2.13. The molecule has 0 saturated carbocycles. The number of benzene rings is 2. The quantitative estimate of drug-likeness (QED) is 0.523. The zero-order valence-corrected chi connectivity index (χ0v) is 19.3. The van der Waals surface area contributed by atoms with Gasteiger partial charge in [-0.3, -0.25) is 4.79 Å². The molecule has 1 aliphatic rings. The number of nitrogens with zero attached hydrogens (tertiary/aromatic N) is 3. The Morgan fingerprint density at radius 3 is 2.36 bits per heavy atom. The standard InChI is InChI=1S/C25H22ClN3O4/c1-14-11-17(16(3)28(14)18-5-8-20(33-4)9-6-18)12-21-15(2)27-29(24(21)30)19-7-10-23(26)22(13-19)25(31)32/h5-13H,1-4H3,(H,31,32)/b21-12-. The van der Waals surface area contributed by atoms with Crippen molar-refractivity contribution < 1.29 is 19.4 Å². The Morgan fingerprint density at radius 2 is 1.73 bits per heavy atom. The summed E-state index contributed by atoms with van der Waals surface area (Å²) < 4.78 is 7.35. The van der Waals surface area contributed by atoms with E-state index in [0.717, 1.165) is 28.4 Å². The molecule has 33 heavy (non-hydrogen) atoms. The van der Waals surface area contributed by atoms with Crippen LogP contribution in [0.3, 0.4) is 0 Å². The zero-order valence-electron chi connectivity index (χ0n) is 18.6. The maximum Gasteiger partial charge on any atom is 0.337 e. The van der Waals surface area contributed by atoms with Crippen LogP contribution in [0.4, 0.5) is 5.69 Å². The molecule has 4 rings (SSSR count). The van der Waals surface area contributed by atoms with Gasteiger partial charge in [-0.25, -0.2) is 4.79 Å². The highest BCUT2D eigenvalue weighted by molar-refractivity contribution is 6.34. The van der Waals surface area contributed by atoms with Gasteiger partial charge in [-0.2, -0.15) is 10.1 Å². The highest BCUT2D eigenvalue weighted by Crippen LogP contribution is 2.30. The summed E-state index contributed by atoms with van der Waals surface area (Å²) >= 11 is 5.96. The van der Waals surface area contributed by atoms with Crippen LogP contribution in [0.2, 0.25) is 5.02 Å². The molecule has 0 aliphatic carbocycles. The number of carboxylic acid groups (broad SMARTS) is 1. The molecule has 0 fully saturated rings. The SMILES string of the molecule is COc1ccc(-n2c(C)cc(/C=C3\C(=O)N(c4ccc(Cl)c(C(=O)O)c4)N=C3C)c2C)cc1. The van der Waals surface area contributed by atoms with Crippen molar-refractivity contribution in [1.29, 1.82) is 0 Å². The van der Waals surface area contributed by atoms with Crippen LogP contribution in [0.5, 0.6) is 5.75 Å². The summed E-state index contributed by atoms with van der Waals surface area (Å²) in [6, 6.07) is 14.1. The van der Waals surface area contributed by atoms with Crippen LogP contribution in [0.1, 0.15) is 34.2 Å². The number of aryl methyl sites for hydroxylation is 1. The first-order valence-corrected chi connectivity index (χ1v) is 10.6. The molecule has 7 nitrogen and oxygen atoms in total. The van der Waals surface area contributed by atoms with E-state index in [9.17, 15) is 14.7 Å². The van der Waals surface area contributed by atoms with E-state index >= 15 is 0 Å². The monoisotopic (exact) mass is 463 g/mol. The molecule has 1 N–H and O–H groups in total. The van der Waals surface area contributed by atoms with E-state index in [4.69, 9.17) is 16.3 Å². The van der Waals surface area contributed by atoms with E-state index in [0.29, 0.717) is 17.0 Å². The van der Waals surface area contributed by atoms with Gasteiger partial charge in [0.05, 0.1) is 34.7 Å². The average molecular weight is 464 g/mol. The third kappa shape index (κ3) is 4.03. The zero-order chi connectivity index (χ0) is 23.9. The van der Waals surface area contributed by atoms with Crippen LogP contribution in [0.25, 0.3) is 11.8 Å². The number of ether oxygens (including phenoxy) is 1. The van der Waals surface area contributed by atoms with Gasteiger partial charge in [-0.15, -0.1) is 0 Å². The number of anilines is 1. The van der Waals surface area contributed by atoms with Gasteiger partial charge in [0.1, 0.15) is 5.75 Å². The summed E-state index contributed by atoms with van der Waals surface area (Å²) in [5.74, 6) is -0.725. The molecule has 0 unspecified atom stereocenters. The lowest BCUT2D eigenvalue weighted by Crippen LogP contribution is -2.21. The number of amides is 1. The minimum Gasteiger partial charge on any atom is -0.497 e. The number of rotatable bonds is 5. The van der Waals surface area contributed by atoms with Gasteiger partial charge in [0.15, 0.2) is 0 Å². The van der Waals surface area contributed by atoms with Crippen molar-refractivity contribution in [3.05, 3.63) is 81.6 Å². The number of methoxy groups -OCH3 is 1. The second-order valence-corrected chi connectivity index (χ2v) is 8.10. The molecule has 0 spiro atoms. The molecule has 1 aliphatic heterocycles. The predicted octanol–water partition coefficient (Wildman–Crippen LogP) is 5.26. The Bertz CT molecular complexity index is 1340. The van der Waals surface area contributed by atoms with E-state index in [1.165, 1.54) is 17.1 Å². The number of aromatic nitrogens is 1. The maximum absolute atomic E-state index is 13.2. The Labute approximate surface area is 196 Å². The number of halogens is 1. The van der Waals surface area contributed by atoms with E-state index in [1.807, 2.05) is 50.3 Å². The summed E-state index contributed by atoms with van der Waals surface area (Å²) in [6.45, 7) is 5.75. The van der Waals surface area contributed by atoms with Crippen LogP contribution in [0, 0.1) is 13.8 Å². The molecule has 0 bridgehead atoms. The first kappa shape index (κ1) is 22.4. The third-order valence-corrected chi connectivity index (χ3v) is 5.92. The lowest BCUT2D eigenvalue weighted by molar-refractivity contribution is -0.114. The number of hydrazone groups is 1. The normalized spacial score (nSPS) is 14.7. The second kappa shape index (κ2) is 8.60. The Kier molecular flexibility index (Phi) is 5.82. The summed E-state index contributed by atoms with van der Waals surface area (Å²) in [6.07, 6.45) is 1.82. The Balaban J connectivity index is 1.69. The molecule has 0 atom stereocenters. The molecule has 3 aromatic rings. The molecule has 8 heteroatoms. The molecule has 1 aromatic heterocycles. The van der Waals surface area contributed by atoms with Gasteiger partial charge >= 0.3 is 5.97 Å². The Morgan fingerprint density at radius 1 is 1.06 bits per heavy atom. The second-order valence-electron chi connectivity index (χ2n) is 7.69. The van der Waals surface area contributed by atoms with Crippen LogP contribution in [-0.2, 0) is 4.79 Å². The minimum atomic E-state index is -1.17. The first-order valence-electron chi connectivity index (χ1n) is 10.2. The van der Waals surface area contributed by atoms with Crippen LogP contribution in [-0.4, -0.2) is 34.4 Å². The topological polar surface area (TPSA) is 84.1 Å². The van der Waals surface area contributed by atoms with Gasteiger partial charge in [0.25, 0.3) is 5.91 Å². The number of carboxylic acids is 1. The minimum absolute atomic E-state index is 0.0877. The largest absolute Gasteiger partial charge is 0.497 e. The van der Waals surface area contributed by atoms with Crippen molar-refractivity contribution in [1.82, 2.24) is 4.57 Å². The van der Waals surface area contributed by atoms with Crippen LogP contribution < -0.4 is 9.75 Å². The highest BCUT2D eigenvalue weighted by atomic mass is 35.5. The molecular formula is C25H22ClN3O4. The third-order valence-electron chi connectivity index (χ3n) is 5.59. The smallest absolute Gasteiger partial charge is 0.337 e. The van der Waals surface area contributed by atoms with Gasteiger partial charge in [0.2, 0.25) is 0 Å². The number of carbonyl (C=O) groups excluding carboxylic acids is 1. The van der Waals surface area contributed by atoms with Crippen molar-refractivity contribution >= 4 is 41.0 Å². The van der Waals surface area contributed by atoms with Crippen LogP contribution in [0.15, 0.2) is 59.2 Å². The van der Waals surface area contributed by atoms with Crippen molar-refractivity contribution in [3.8, 4) is 11.4 Å². The van der Waals surface area contributed by atoms with Crippen molar-refractivity contribution in [2.45, 2.75) is 20.8 Å². The van der Waals surface area contributed by atoms with Gasteiger partial charge in [0, 0.05) is 17.1 Å². The van der Waals surface area contributed by atoms with Gasteiger partial charge < -0.3 is 14.4 Å². The molecule has 2 aromatic carbocycles. The molecule has 168 valence electrons. The summed E-state index contributed by atoms with van der Waals surface area (Å²) in [5.41, 5.74) is 5.11. The average Bonchev–Trinajstić information content (AvgIpc) is 3.23. The fourth-order valence-electron chi connectivity index (χ4n) is 3.89. The Hall–Kier alpha value is -3.84.